The fraction of sp³-hybridized carbons (Fsp3) is 0.560. The Morgan fingerprint density at radius 3 is 2.59 bits per heavy atom. The summed E-state index contributed by atoms with van der Waals surface area (Å²) in [4.78, 5) is 33.3. The highest BCUT2D eigenvalue weighted by Gasteiger charge is 2.29. The first-order valence-electron chi connectivity index (χ1n) is 12.4. The molecule has 2 heterocycles. The van der Waals surface area contributed by atoms with Crippen molar-refractivity contribution >= 4 is 11.8 Å². The molecule has 4 rings (SSSR count). The van der Waals surface area contributed by atoms with Crippen LogP contribution in [0.15, 0.2) is 41.3 Å². The molecule has 2 aromatic rings. The van der Waals surface area contributed by atoms with E-state index >= 15 is 0 Å². The highest BCUT2D eigenvalue weighted by Crippen LogP contribution is 2.25. The van der Waals surface area contributed by atoms with Crippen LogP contribution in [0.3, 0.4) is 0 Å². The van der Waals surface area contributed by atoms with Crippen LogP contribution in [0, 0.1) is 0 Å². The van der Waals surface area contributed by atoms with Crippen LogP contribution in [0.2, 0.25) is 0 Å². The molecule has 1 aromatic carbocycles. The number of anilines is 1. The summed E-state index contributed by atoms with van der Waals surface area (Å²) in [5.41, 5.74) is 7.70. The van der Waals surface area contributed by atoms with Gasteiger partial charge < -0.3 is 16.0 Å². The maximum Gasteiger partial charge on any atom is 0.354 e. The summed E-state index contributed by atoms with van der Waals surface area (Å²) in [5, 5.41) is 5.93. The first-order valence-corrected chi connectivity index (χ1v) is 12.4. The molecule has 9 nitrogen and oxygen atoms in total. The number of piperazine rings is 1. The van der Waals surface area contributed by atoms with Gasteiger partial charge in [-0.25, -0.2) is 9.59 Å². The minimum absolute atomic E-state index is 0.231. The Morgan fingerprint density at radius 2 is 1.97 bits per heavy atom. The fourth-order valence-corrected chi connectivity index (χ4v) is 5.20. The van der Waals surface area contributed by atoms with Gasteiger partial charge in [-0.15, -0.1) is 0 Å². The average Bonchev–Trinajstić information content (AvgIpc) is 3.26. The molecule has 1 aromatic heterocycles. The minimum Gasteiger partial charge on any atom is -0.328 e. The maximum atomic E-state index is 12.6. The molecule has 1 saturated carbocycles. The molecule has 184 valence electrons. The summed E-state index contributed by atoms with van der Waals surface area (Å²) < 4.78 is 1.49. The molecule has 34 heavy (non-hydrogen) atoms. The zero-order valence-electron chi connectivity index (χ0n) is 20.2. The highest BCUT2D eigenvalue weighted by molar-refractivity contribution is 5.88. The van der Waals surface area contributed by atoms with Crippen molar-refractivity contribution < 1.29 is 4.79 Å². The SMILES string of the molecule is CCN(C(C)Cc1ccc(-n2ccc(NC(=O)N3CCNCC3)nc2=O)cc1)[C@H]1CCC(N)C1. The van der Waals surface area contributed by atoms with Gasteiger partial charge in [0.1, 0.15) is 5.82 Å². The van der Waals surface area contributed by atoms with Crippen LogP contribution >= 0.6 is 0 Å². The lowest BCUT2D eigenvalue weighted by Crippen LogP contribution is -2.48. The molecule has 0 bridgehead atoms. The van der Waals surface area contributed by atoms with Crippen molar-refractivity contribution in [2.75, 3.05) is 38.0 Å². The van der Waals surface area contributed by atoms with Crippen molar-refractivity contribution in [1.29, 1.82) is 0 Å². The van der Waals surface area contributed by atoms with Crippen molar-refractivity contribution in [3.8, 4) is 5.69 Å². The Bertz CT molecular complexity index is 1020. The van der Waals surface area contributed by atoms with Crippen LogP contribution in [-0.2, 0) is 6.42 Å². The third kappa shape index (κ3) is 5.84. The molecule has 1 aliphatic carbocycles. The first-order chi connectivity index (χ1) is 16.4. The molecular weight excluding hydrogens is 430 g/mol. The quantitative estimate of drug-likeness (QED) is 0.573. The molecule has 9 heteroatoms. The van der Waals surface area contributed by atoms with Crippen LogP contribution < -0.4 is 22.1 Å². The topological polar surface area (TPSA) is 109 Å². The highest BCUT2D eigenvalue weighted by atomic mass is 16.2. The lowest BCUT2D eigenvalue weighted by atomic mass is 10.0. The molecule has 4 N–H and O–H groups in total. The molecule has 2 aliphatic rings. The second kappa shape index (κ2) is 11.1. The van der Waals surface area contributed by atoms with Gasteiger partial charge in [0, 0.05) is 50.5 Å². The largest absolute Gasteiger partial charge is 0.354 e. The van der Waals surface area contributed by atoms with Gasteiger partial charge in [-0.3, -0.25) is 14.8 Å². The van der Waals surface area contributed by atoms with Gasteiger partial charge in [0.15, 0.2) is 0 Å². The standard InChI is InChI=1S/C25H37N7O2/c1-3-31(22-9-6-20(26)17-22)18(2)16-19-4-7-21(8-5-19)32-13-10-23(29-25(32)34)28-24(33)30-14-11-27-12-15-30/h4-5,7-8,10,13,18,20,22,27H,3,6,9,11-12,14-17,26H2,1-2H3,(H,28,29,33,34)/t18?,20?,22-/m0/s1. The van der Waals surface area contributed by atoms with Crippen LogP contribution in [0.1, 0.15) is 38.7 Å². The van der Waals surface area contributed by atoms with Gasteiger partial charge >= 0.3 is 11.7 Å². The number of hydrogen-bond donors (Lipinski definition) is 3. The number of aromatic nitrogens is 2. The normalized spacial score (nSPS) is 21.6. The number of nitrogens with zero attached hydrogens (tertiary/aromatic N) is 4. The molecule has 1 aliphatic heterocycles. The van der Waals surface area contributed by atoms with Gasteiger partial charge in [0.2, 0.25) is 0 Å². The van der Waals surface area contributed by atoms with E-state index in [1.54, 1.807) is 17.2 Å². The van der Waals surface area contributed by atoms with Crippen LogP contribution in [-0.4, -0.2) is 76.2 Å². The third-order valence-electron chi connectivity index (χ3n) is 7.03. The molecule has 0 radical (unpaired) electrons. The van der Waals surface area contributed by atoms with E-state index in [0.717, 1.165) is 44.6 Å². The first kappa shape index (κ1) is 24.4. The van der Waals surface area contributed by atoms with Crippen molar-refractivity contribution in [2.45, 2.75) is 57.7 Å². The lowest BCUT2D eigenvalue weighted by Gasteiger charge is -2.33. The van der Waals surface area contributed by atoms with Crippen molar-refractivity contribution in [3.05, 3.63) is 52.6 Å². The summed E-state index contributed by atoms with van der Waals surface area (Å²) in [6, 6.07) is 10.8. The van der Waals surface area contributed by atoms with E-state index in [2.05, 4.69) is 46.5 Å². The predicted molar refractivity (Wildman–Crippen MR) is 134 cm³/mol. The summed E-state index contributed by atoms with van der Waals surface area (Å²) >= 11 is 0. The number of rotatable bonds is 7. The van der Waals surface area contributed by atoms with Crippen LogP contribution in [0.4, 0.5) is 10.6 Å². The van der Waals surface area contributed by atoms with Crippen molar-refractivity contribution in [1.82, 2.24) is 24.7 Å². The van der Waals surface area contributed by atoms with Gasteiger partial charge in [0.05, 0.1) is 5.69 Å². The number of hydrogen-bond acceptors (Lipinski definition) is 6. The molecular formula is C25H37N7O2. The number of carbonyl (C=O) groups excluding carboxylic acids is 1. The van der Waals surface area contributed by atoms with E-state index in [1.165, 1.54) is 16.6 Å². The molecule has 2 amide bonds. The van der Waals surface area contributed by atoms with Gasteiger partial charge in [-0.2, -0.15) is 4.98 Å². The minimum atomic E-state index is -0.422. The average molecular weight is 468 g/mol. The zero-order chi connectivity index (χ0) is 24.1. The monoisotopic (exact) mass is 467 g/mol. The molecule has 2 unspecified atom stereocenters. The fourth-order valence-electron chi connectivity index (χ4n) is 5.20. The Balaban J connectivity index is 1.38. The van der Waals surface area contributed by atoms with E-state index in [4.69, 9.17) is 5.73 Å². The number of carbonyl (C=O) groups is 1. The molecule has 2 fully saturated rings. The predicted octanol–water partition coefficient (Wildman–Crippen LogP) is 1.80. The van der Waals surface area contributed by atoms with Crippen LogP contribution in [0.25, 0.3) is 5.69 Å². The van der Waals surface area contributed by atoms with Gasteiger partial charge in [0.25, 0.3) is 0 Å². The van der Waals surface area contributed by atoms with Crippen LogP contribution in [0.5, 0.6) is 0 Å². The Hall–Kier alpha value is -2.75. The van der Waals surface area contributed by atoms with E-state index < -0.39 is 5.69 Å². The molecule has 0 spiro atoms. The summed E-state index contributed by atoms with van der Waals surface area (Å²) in [7, 11) is 0. The van der Waals surface area contributed by atoms with Gasteiger partial charge in [-0.1, -0.05) is 19.1 Å². The lowest BCUT2D eigenvalue weighted by molar-refractivity contribution is 0.152. The van der Waals surface area contributed by atoms with Crippen molar-refractivity contribution in [2.24, 2.45) is 5.73 Å². The van der Waals surface area contributed by atoms with E-state index in [1.807, 2.05) is 12.1 Å². The second-order valence-corrected chi connectivity index (χ2v) is 9.41. The van der Waals surface area contributed by atoms with Crippen molar-refractivity contribution in [3.63, 3.8) is 0 Å². The summed E-state index contributed by atoms with van der Waals surface area (Å²) in [6.45, 7) is 8.33. The summed E-state index contributed by atoms with van der Waals surface area (Å²) in [6.07, 6.45) is 5.98. The summed E-state index contributed by atoms with van der Waals surface area (Å²) in [5.74, 6) is 0.265. The van der Waals surface area contributed by atoms with Gasteiger partial charge in [-0.05, 0) is 62.9 Å². The van der Waals surface area contributed by atoms with E-state index in [0.29, 0.717) is 31.2 Å². The maximum absolute atomic E-state index is 12.6. The number of nitrogens with one attached hydrogen (secondary N) is 2. The van der Waals surface area contributed by atoms with E-state index in [-0.39, 0.29) is 11.8 Å². The number of amides is 2. The van der Waals surface area contributed by atoms with E-state index in [9.17, 15) is 9.59 Å². The number of benzene rings is 1. The second-order valence-electron chi connectivity index (χ2n) is 9.41. The smallest absolute Gasteiger partial charge is 0.328 e. The molecule has 1 saturated heterocycles. The number of likely N-dealkylation sites (N-methyl/N-ethyl adjacent to an activating group) is 1. The number of urea groups is 1. The molecule has 3 atom stereocenters. The zero-order valence-corrected chi connectivity index (χ0v) is 20.2. The Kier molecular flexibility index (Phi) is 7.97. The third-order valence-corrected chi connectivity index (χ3v) is 7.03. The number of nitrogens with two attached hydrogens (primary N) is 1. The Labute approximate surface area is 201 Å². The Morgan fingerprint density at radius 1 is 1.24 bits per heavy atom.